The molecule has 0 atom stereocenters. The van der Waals surface area contributed by atoms with Gasteiger partial charge in [0.05, 0.1) is 0 Å². The predicted octanol–water partition coefficient (Wildman–Crippen LogP) is 3.94. The average Bonchev–Trinajstić information content (AvgIpc) is 2.94. The van der Waals surface area contributed by atoms with Crippen molar-refractivity contribution in [2.45, 2.75) is 30.6 Å². The van der Waals surface area contributed by atoms with Crippen LogP contribution in [0.4, 0.5) is 0 Å². The smallest absolute Gasteiger partial charge is 0.251 e. The number of benzene rings is 1. The molecule has 1 aliphatic carbocycles. The molecule has 0 heterocycles. The van der Waals surface area contributed by atoms with Gasteiger partial charge in [-0.1, -0.05) is 12.8 Å². The molecule has 1 aromatic rings. The van der Waals surface area contributed by atoms with Crippen LogP contribution in [0.1, 0.15) is 36.0 Å². The Morgan fingerprint density at radius 3 is 2.47 bits per heavy atom. The van der Waals surface area contributed by atoms with E-state index in [1.807, 2.05) is 30.5 Å². The number of alkyl halides is 1. The number of hydrogen-bond acceptors (Lipinski definition) is 2. The molecule has 0 aromatic heterocycles. The molecule has 1 N–H and O–H groups in total. The fourth-order valence-corrected chi connectivity index (χ4v) is 3.36. The van der Waals surface area contributed by atoms with E-state index in [0.717, 1.165) is 18.4 Å². The minimum absolute atomic E-state index is 0.00375. The lowest BCUT2D eigenvalue weighted by Crippen LogP contribution is -2.37. The standard InChI is InChI=1S/C15H20ClNOS/c1-19-13-6-4-12(5-7-13)14(18)17-11-15(10-16)8-2-3-9-15/h4-7H,2-3,8-11H2,1H3,(H,17,18). The summed E-state index contributed by atoms with van der Waals surface area (Å²) in [6.07, 6.45) is 6.74. The fourth-order valence-electron chi connectivity index (χ4n) is 2.59. The SMILES string of the molecule is CSc1ccc(C(=O)NCC2(CCl)CCCC2)cc1. The summed E-state index contributed by atoms with van der Waals surface area (Å²) in [6, 6.07) is 7.71. The van der Waals surface area contributed by atoms with Gasteiger partial charge in [0.1, 0.15) is 0 Å². The highest BCUT2D eigenvalue weighted by Gasteiger charge is 2.33. The van der Waals surface area contributed by atoms with Crippen LogP contribution in [0.5, 0.6) is 0 Å². The van der Waals surface area contributed by atoms with Crippen molar-refractivity contribution in [3.63, 3.8) is 0 Å². The highest BCUT2D eigenvalue weighted by molar-refractivity contribution is 7.98. The Bertz CT molecular complexity index is 426. The van der Waals surface area contributed by atoms with Gasteiger partial charge in [-0.2, -0.15) is 0 Å². The van der Waals surface area contributed by atoms with E-state index in [4.69, 9.17) is 11.6 Å². The molecule has 1 saturated carbocycles. The maximum Gasteiger partial charge on any atom is 0.251 e. The summed E-state index contributed by atoms with van der Waals surface area (Å²) in [7, 11) is 0. The molecule has 4 heteroatoms. The molecule has 104 valence electrons. The molecule has 1 aliphatic rings. The quantitative estimate of drug-likeness (QED) is 0.659. The molecule has 19 heavy (non-hydrogen) atoms. The fraction of sp³-hybridized carbons (Fsp3) is 0.533. The van der Waals surface area contributed by atoms with E-state index in [-0.39, 0.29) is 11.3 Å². The molecule has 1 amide bonds. The number of carbonyl (C=O) groups is 1. The van der Waals surface area contributed by atoms with Crippen LogP contribution in [-0.2, 0) is 0 Å². The molecular weight excluding hydrogens is 278 g/mol. The van der Waals surface area contributed by atoms with Crippen molar-refractivity contribution in [3.05, 3.63) is 29.8 Å². The second-order valence-electron chi connectivity index (χ2n) is 5.25. The van der Waals surface area contributed by atoms with Crippen LogP contribution in [0, 0.1) is 5.41 Å². The van der Waals surface area contributed by atoms with E-state index in [1.54, 1.807) is 11.8 Å². The Morgan fingerprint density at radius 1 is 1.32 bits per heavy atom. The van der Waals surface area contributed by atoms with Gasteiger partial charge < -0.3 is 5.32 Å². The highest BCUT2D eigenvalue weighted by atomic mass is 35.5. The Hall–Kier alpha value is -0.670. The summed E-state index contributed by atoms with van der Waals surface area (Å²) in [6.45, 7) is 0.694. The van der Waals surface area contributed by atoms with Crippen LogP contribution in [0.25, 0.3) is 0 Å². The third-order valence-corrected chi connectivity index (χ3v) is 5.23. The van der Waals surface area contributed by atoms with Crippen molar-refractivity contribution < 1.29 is 4.79 Å². The first kappa shape index (κ1) is 14.7. The summed E-state index contributed by atoms with van der Waals surface area (Å²) in [5.74, 6) is 0.641. The van der Waals surface area contributed by atoms with E-state index in [9.17, 15) is 4.79 Å². The van der Waals surface area contributed by atoms with Crippen molar-refractivity contribution in [3.8, 4) is 0 Å². The molecule has 1 aromatic carbocycles. The average molecular weight is 298 g/mol. The van der Waals surface area contributed by atoms with E-state index in [2.05, 4.69) is 5.32 Å². The first-order valence-corrected chi connectivity index (χ1v) is 8.43. The lowest BCUT2D eigenvalue weighted by molar-refractivity contribution is 0.0935. The summed E-state index contributed by atoms with van der Waals surface area (Å²) >= 11 is 7.76. The number of hydrogen-bond donors (Lipinski definition) is 1. The monoisotopic (exact) mass is 297 g/mol. The van der Waals surface area contributed by atoms with E-state index < -0.39 is 0 Å². The van der Waals surface area contributed by atoms with Crippen molar-refractivity contribution in [2.24, 2.45) is 5.41 Å². The molecule has 1 fully saturated rings. The predicted molar refractivity (Wildman–Crippen MR) is 82.2 cm³/mol. The molecule has 0 radical (unpaired) electrons. The Balaban J connectivity index is 1.93. The molecule has 0 aliphatic heterocycles. The molecule has 2 rings (SSSR count). The van der Waals surface area contributed by atoms with Gasteiger partial charge in [0.2, 0.25) is 0 Å². The minimum Gasteiger partial charge on any atom is -0.351 e. The zero-order valence-corrected chi connectivity index (χ0v) is 12.8. The van der Waals surface area contributed by atoms with E-state index >= 15 is 0 Å². The third kappa shape index (κ3) is 3.67. The first-order chi connectivity index (χ1) is 9.19. The van der Waals surface area contributed by atoms with Crippen molar-refractivity contribution in [1.29, 1.82) is 0 Å². The van der Waals surface area contributed by atoms with Gasteiger partial charge in [0, 0.05) is 28.3 Å². The molecule has 2 nitrogen and oxygen atoms in total. The van der Waals surface area contributed by atoms with Gasteiger partial charge in [0.25, 0.3) is 5.91 Å². The zero-order chi connectivity index (χ0) is 13.7. The van der Waals surface area contributed by atoms with Crippen LogP contribution in [0.2, 0.25) is 0 Å². The van der Waals surface area contributed by atoms with Crippen molar-refractivity contribution >= 4 is 29.3 Å². The Morgan fingerprint density at radius 2 is 1.95 bits per heavy atom. The van der Waals surface area contributed by atoms with Crippen LogP contribution in [-0.4, -0.2) is 24.6 Å². The summed E-state index contributed by atoms with van der Waals surface area (Å²) in [5, 5.41) is 3.04. The summed E-state index contributed by atoms with van der Waals surface area (Å²) in [5.41, 5.74) is 0.844. The van der Waals surface area contributed by atoms with Gasteiger partial charge in [-0.15, -0.1) is 23.4 Å². The number of amides is 1. The second kappa shape index (κ2) is 6.67. The lowest BCUT2D eigenvalue weighted by atomic mass is 9.88. The Kier molecular flexibility index (Phi) is 5.17. The number of rotatable bonds is 5. The Labute approximate surface area is 124 Å². The summed E-state index contributed by atoms with van der Waals surface area (Å²) in [4.78, 5) is 13.3. The first-order valence-electron chi connectivity index (χ1n) is 6.67. The van der Waals surface area contributed by atoms with Gasteiger partial charge >= 0.3 is 0 Å². The van der Waals surface area contributed by atoms with E-state index in [1.165, 1.54) is 17.7 Å². The largest absolute Gasteiger partial charge is 0.351 e. The van der Waals surface area contributed by atoms with Crippen LogP contribution in [0.15, 0.2) is 29.2 Å². The number of nitrogens with one attached hydrogen (secondary N) is 1. The summed E-state index contributed by atoms with van der Waals surface area (Å²) < 4.78 is 0. The number of halogens is 1. The second-order valence-corrected chi connectivity index (χ2v) is 6.40. The lowest BCUT2D eigenvalue weighted by Gasteiger charge is -2.26. The zero-order valence-electron chi connectivity index (χ0n) is 11.2. The maximum atomic E-state index is 12.1. The normalized spacial score (nSPS) is 17.4. The van der Waals surface area contributed by atoms with Gasteiger partial charge in [0.15, 0.2) is 0 Å². The maximum absolute atomic E-state index is 12.1. The molecule has 0 unspecified atom stereocenters. The molecule has 0 saturated heterocycles. The van der Waals surface area contributed by atoms with Gasteiger partial charge in [-0.05, 0) is 43.4 Å². The molecule has 0 spiro atoms. The van der Waals surface area contributed by atoms with E-state index in [0.29, 0.717) is 12.4 Å². The molecular formula is C15H20ClNOS. The van der Waals surface area contributed by atoms with Gasteiger partial charge in [-0.25, -0.2) is 0 Å². The topological polar surface area (TPSA) is 29.1 Å². The van der Waals surface area contributed by atoms with Crippen LogP contribution >= 0.6 is 23.4 Å². The third-order valence-electron chi connectivity index (χ3n) is 3.92. The van der Waals surface area contributed by atoms with Crippen molar-refractivity contribution in [1.82, 2.24) is 5.32 Å². The highest BCUT2D eigenvalue weighted by Crippen LogP contribution is 2.38. The molecule has 0 bridgehead atoms. The van der Waals surface area contributed by atoms with Crippen molar-refractivity contribution in [2.75, 3.05) is 18.7 Å². The van der Waals surface area contributed by atoms with Crippen LogP contribution < -0.4 is 5.32 Å². The number of carbonyl (C=O) groups excluding carboxylic acids is 1. The minimum atomic E-state index is 0.00375. The number of thioether (sulfide) groups is 1. The van der Waals surface area contributed by atoms with Crippen LogP contribution in [0.3, 0.4) is 0 Å². The van der Waals surface area contributed by atoms with Gasteiger partial charge in [-0.3, -0.25) is 4.79 Å².